The highest BCUT2D eigenvalue weighted by Gasteiger charge is 2.21. The molecule has 0 aromatic rings. The molecule has 0 aromatic heterocycles. The zero-order valence-corrected chi connectivity index (χ0v) is 16.6. The van der Waals surface area contributed by atoms with Crippen molar-refractivity contribution in [1.29, 1.82) is 0 Å². The summed E-state index contributed by atoms with van der Waals surface area (Å²) in [6.45, 7) is 11.9. The van der Waals surface area contributed by atoms with E-state index in [2.05, 4.69) is 15.6 Å². The smallest absolute Gasteiger partial charge is 0.410 e. The van der Waals surface area contributed by atoms with Crippen LogP contribution in [-0.2, 0) is 9.47 Å². The maximum absolute atomic E-state index is 12.1. The van der Waals surface area contributed by atoms with Crippen LogP contribution in [0.15, 0.2) is 4.99 Å². The zero-order valence-electron chi connectivity index (χ0n) is 16.6. The van der Waals surface area contributed by atoms with Crippen LogP contribution in [0.3, 0.4) is 0 Å². The van der Waals surface area contributed by atoms with E-state index in [-0.39, 0.29) is 6.09 Å². The lowest BCUT2D eigenvalue weighted by Gasteiger charge is -2.26. The van der Waals surface area contributed by atoms with Gasteiger partial charge in [-0.05, 0) is 52.9 Å². The second-order valence-electron chi connectivity index (χ2n) is 7.36. The highest BCUT2D eigenvalue weighted by atomic mass is 16.6. The van der Waals surface area contributed by atoms with E-state index in [0.717, 1.165) is 38.1 Å². The Labute approximate surface area is 152 Å². The lowest BCUT2D eigenvalue weighted by Crippen LogP contribution is -2.44. The number of nitrogens with one attached hydrogen (secondary N) is 2. The number of aliphatic imine (C=N–C) groups is 1. The number of ether oxygens (including phenoxy) is 2. The van der Waals surface area contributed by atoms with Crippen LogP contribution in [0.5, 0.6) is 0 Å². The minimum absolute atomic E-state index is 0.285. The number of amides is 1. The summed E-state index contributed by atoms with van der Waals surface area (Å²) in [5.41, 5.74) is -0.475. The fraction of sp³-hybridized carbons (Fsp3) is 0.889. The Hall–Kier alpha value is -1.50. The van der Waals surface area contributed by atoms with Gasteiger partial charge in [0.1, 0.15) is 5.60 Å². The topological polar surface area (TPSA) is 75.2 Å². The Balaban J connectivity index is 2.13. The molecule has 0 saturated heterocycles. The summed E-state index contributed by atoms with van der Waals surface area (Å²) < 4.78 is 11.0. The predicted molar refractivity (Wildman–Crippen MR) is 101 cm³/mol. The minimum Gasteiger partial charge on any atom is -0.444 e. The van der Waals surface area contributed by atoms with E-state index in [1.807, 2.05) is 27.7 Å². The molecule has 7 heteroatoms. The fourth-order valence-corrected chi connectivity index (χ4v) is 2.15. The van der Waals surface area contributed by atoms with Crippen LogP contribution in [0.4, 0.5) is 4.79 Å². The molecule has 7 nitrogen and oxygen atoms in total. The number of guanidine groups is 1. The van der Waals surface area contributed by atoms with Gasteiger partial charge in [0.05, 0.1) is 0 Å². The summed E-state index contributed by atoms with van der Waals surface area (Å²) in [5.74, 6) is 1.55. The van der Waals surface area contributed by atoms with E-state index in [1.54, 1.807) is 11.9 Å². The first-order valence-electron chi connectivity index (χ1n) is 9.36. The van der Waals surface area contributed by atoms with Gasteiger partial charge in [-0.3, -0.25) is 4.99 Å². The van der Waals surface area contributed by atoms with Gasteiger partial charge < -0.3 is 25.0 Å². The number of nitrogens with zero attached hydrogens (tertiary/aromatic N) is 2. The van der Waals surface area contributed by atoms with Crippen LogP contribution in [0.2, 0.25) is 0 Å². The fourth-order valence-electron chi connectivity index (χ4n) is 2.15. The second-order valence-corrected chi connectivity index (χ2v) is 7.36. The van der Waals surface area contributed by atoms with Gasteiger partial charge in [0, 0.05) is 46.4 Å². The molecule has 0 bridgehead atoms. The molecule has 1 fully saturated rings. The van der Waals surface area contributed by atoms with Crippen molar-refractivity contribution in [1.82, 2.24) is 15.5 Å². The van der Waals surface area contributed by atoms with Crippen molar-refractivity contribution in [2.75, 3.05) is 46.4 Å². The molecule has 0 radical (unpaired) electrons. The van der Waals surface area contributed by atoms with Gasteiger partial charge in [-0.1, -0.05) is 0 Å². The van der Waals surface area contributed by atoms with Gasteiger partial charge in [0.25, 0.3) is 0 Å². The Morgan fingerprint density at radius 3 is 2.48 bits per heavy atom. The van der Waals surface area contributed by atoms with Crippen LogP contribution < -0.4 is 10.6 Å². The number of hydrogen-bond donors (Lipinski definition) is 2. The van der Waals surface area contributed by atoms with E-state index in [1.165, 1.54) is 12.8 Å². The molecule has 1 amide bonds. The van der Waals surface area contributed by atoms with E-state index in [4.69, 9.17) is 9.47 Å². The van der Waals surface area contributed by atoms with Crippen molar-refractivity contribution < 1.29 is 14.3 Å². The Morgan fingerprint density at radius 1 is 1.24 bits per heavy atom. The molecule has 0 spiro atoms. The van der Waals surface area contributed by atoms with E-state index >= 15 is 0 Å². The van der Waals surface area contributed by atoms with Crippen LogP contribution >= 0.6 is 0 Å². The average Bonchev–Trinajstić information content (AvgIpc) is 3.35. The van der Waals surface area contributed by atoms with Crippen LogP contribution in [-0.4, -0.2) is 69.0 Å². The molecule has 0 unspecified atom stereocenters. The van der Waals surface area contributed by atoms with E-state index in [0.29, 0.717) is 19.6 Å². The summed E-state index contributed by atoms with van der Waals surface area (Å²) in [6, 6.07) is 0. The minimum atomic E-state index is -0.475. The lowest BCUT2D eigenvalue weighted by atomic mass is 10.2. The maximum Gasteiger partial charge on any atom is 0.410 e. The van der Waals surface area contributed by atoms with E-state index in [9.17, 15) is 4.79 Å². The van der Waals surface area contributed by atoms with Crippen LogP contribution in [0.1, 0.15) is 47.0 Å². The first kappa shape index (κ1) is 21.5. The lowest BCUT2D eigenvalue weighted by molar-refractivity contribution is 0.0264. The summed E-state index contributed by atoms with van der Waals surface area (Å²) in [6.07, 6.45) is 3.32. The summed E-state index contributed by atoms with van der Waals surface area (Å²) in [7, 11) is 1.74. The number of carbonyl (C=O) groups is 1. The number of carbonyl (C=O) groups excluding carboxylic acids is 1. The monoisotopic (exact) mass is 356 g/mol. The van der Waals surface area contributed by atoms with Crippen molar-refractivity contribution in [3.05, 3.63) is 0 Å². The number of rotatable bonds is 10. The molecule has 25 heavy (non-hydrogen) atoms. The van der Waals surface area contributed by atoms with E-state index < -0.39 is 5.60 Å². The molecular formula is C18H36N4O3. The van der Waals surface area contributed by atoms with Crippen molar-refractivity contribution >= 4 is 12.1 Å². The molecule has 0 aliphatic heterocycles. The second kappa shape index (κ2) is 11.2. The number of hydrogen-bond acceptors (Lipinski definition) is 4. The summed E-state index contributed by atoms with van der Waals surface area (Å²) in [4.78, 5) is 17.9. The van der Waals surface area contributed by atoms with Gasteiger partial charge in [0.15, 0.2) is 5.96 Å². The third kappa shape index (κ3) is 10.9. The standard InChI is InChI=1S/C18H36N4O3/c1-6-22(17(23)25-18(2,3)4)12-11-21-16(19-5)20-10-7-13-24-14-15-8-9-15/h15H,6-14H2,1-5H3,(H2,19,20,21). The Bertz CT molecular complexity index is 417. The third-order valence-corrected chi connectivity index (χ3v) is 3.74. The Kier molecular flexibility index (Phi) is 9.63. The third-order valence-electron chi connectivity index (χ3n) is 3.74. The van der Waals surface area contributed by atoms with Gasteiger partial charge in [-0.15, -0.1) is 0 Å². The molecule has 0 atom stereocenters. The summed E-state index contributed by atoms with van der Waals surface area (Å²) >= 11 is 0. The van der Waals surface area contributed by atoms with Gasteiger partial charge in [-0.2, -0.15) is 0 Å². The van der Waals surface area contributed by atoms with Crippen molar-refractivity contribution in [2.45, 2.75) is 52.6 Å². The van der Waals surface area contributed by atoms with Gasteiger partial charge in [0.2, 0.25) is 0 Å². The molecule has 0 heterocycles. The molecule has 1 aliphatic rings. The first-order chi connectivity index (χ1) is 11.9. The van der Waals surface area contributed by atoms with Crippen molar-refractivity contribution in [3.63, 3.8) is 0 Å². The SMILES string of the molecule is CCN(CCNC(=NC)NCCCOCC1CC1)C(=O)OC(C)(C)C. The van der Waals surface area contributed by atoms with Crippen LogP contribution in [0.25, 0.3) is 0 Å². The normalized spacial score (nSPS) is 15.0. The molecule has 0 aromatic carbocycles. The van der Waals surface area contributed by atoms with Crippen LogP contribution in [0, 0.1) is 5.92 Å². The zero-order chi connectivity index (χ0) is 18.7. The highest BCUT2D eigenvalue weighted by molar-refractivity contribution is 5.79. The van der Waals surface area contributed by atoms with Gasteiger partial charge in [-0.25, -0.2) is 4.79 Å². The molecule has 1 rings (SSSR count). The molecular weight excluding hydrogens is 320 g/mol. The quantitative estimate of drug-likeness (QED) is 0.357. The van der Waals surface area contributed by atoms with Crippen molar-refractivity contribution in [3.8, 4) is 0 Å². The largest absolute Gasteiger partial charge is 0.444 e. The average molecular weight is 357 g/mol. The Morgan fingerprint density at radius 2 is 1.92 bits per heavy atom. The maximum atomic E-state index is 12.1. The molecule has 1 aliphatic carbocycles. The molecule has 2 N–H and O–H groups in total. The van der Waals surface area contributed by atoms with Gasteiger partial charge >= 0.3 is 6.09 Å². The predicted octanol–water partition coefficient (Wildman–Crippen LogP) is 2.23. The number of likely N-dealkylation sites (N-methyl/N-ethyl adjacent to an activating group) is 1. The molecule has 1 saturated carbocycles. The van der Waals surface area contributed by atoms with Crippen molar-refractivity contribution in [2.24, 2.45) is 10.9 Å². The first-order valence-corrected chi connectivity index (χ1v) is 9.36. The summed E-state index contributed by atoms with van der Waals surface area (Å²) in [5, 5.41) is 6.48. The molecule has 146 valence electrons. The highest BCUT2D eigenvalue weighted by Crippen LogP contribution is 2.28.